The molecule has 0 radical (unpaired) electrons. The Balaban J connectivity index is 1.14. The summed E-state index contributed by atoms with van der Waals surface area (Å²) in [4.78, 5) is 50.2. The number of carbonyl (C=O) groups excluding carboxylic acids is 3. The first-order valence-corrected chi connectivity index (χ1v) is 22.3. The van der Waals surface area contributed by atoms with Gasteiger partial charge in [0.2, 0.25) is 11.8 Å². The number of ketones is 1. The molecule has 6 N–H and O–H groups in total. The van der Waals surface area contributed by atoms with Gasteiger partial charge in [-0.1, -0.05) is 48.5 Å². The summed E-state index contributed by atoms with van der Waals surface area (Å²) in [6, 6.07) is 25.7. The number of benzene rings is 4. The first-order chi connectivity index (χ1) is 30.6. The van der Waals surface area contributed by atoms with E-state index in [1.54, 1.807) is 52.7 Å². The fourth-order valence-corrected chi connectivity index (χ4v) is 8.32. The van der Waals surface area contributed by atoms with E-state index in [-0.39, 0.29) is 66.5 Å². The second-order valence-corrected chi connectivity index (χ2v) is 16.5. The Labute approximate surface area is 373 Å². The molecule has 6 rings (SSSR count). The number of para-hydroxylation sites is 1. The molecule has 1 aliphatic rings. The molecule has 0 unspecified atom stereocenters. The maximum Gasteiger partial charge on any atom is 0.223 e. The number of piperidine rings is 1. The van der Waals surface area contributed by atoms with Crippen molar-refractivity contribution in [3.63, 3.8) is 0 Å². The number of unbranched alkanes of at least 4 members (excludes halogenated alkanes) is 1. The van der Waals surface area contributed by atoms with Crippen LogP contribution in [0.25, 0.3) is 32.9 Å². The van der Waals surface area contributed by atoms with Crippen molar-refractivity contribution in [2.24, 2.45) is 5.73 Å². The van der Waals surface area contributed by atoms with Crippen LogP contribution in [0.15, 0.2) is 96.1 Å². The summed E-state index contributed by atoms with van der Waals surface area (Å²) in [6.07, 6.45) is 7.15. The Bertz CT molecular complexity index is 2290. The van der Waals surface area contributed by atoms with Gasteiger partial charge in [0, 0.05) is 55.7 Å². The lowest BCUT2D eigenvalue weighted by atomic mass is 9.93. The fraction of sp³-hybridized carbons (Fsp3) is 0.347. The Morgan fingerprint density at radius 1 is 0.794 bits per heavy atom. The molecule has 0 aliphatic carbocycles. The Hall–Kier alpha value is -6.06. The number of hydrogen-bond acceptors (Lipinski definition) is 12. The quantitative estimate of drug-likeness (QED) is 0.0366. The number of hydrogen-bond donors (Lipinski definition) is 5. The normalized spacial score (nSPS) is 14.1. The van der Waals surface area contributed by atoms with Crippen LogP contribution in [0.3, 0.4) is 0 Å². The zero-order valence-corrected chi connectivity index (χ0v) is 36.9. The third-order valence-corrected chi connectivity index (χ3v) is 11.9. The Morgan fingerprint density at radius 2 is 1.38 bits per heavy atom. The minimum atomic E-state index is -0.265. The van der Waals surface area contributed by atoms with E-state index in [1.165, 1.54) is 26.4 Å². The number of fused-ring (bicyclic) bond motifs is 1. The van der Waals surface area contributed by atoms with Gasteiger partial charge in [0.1, 0.15) is 5.01 Å². The molecule has 14 heteroatoms. The number of Topliss-reactive ketones (excluding diaryl/α,β-unsaturated/α-hetero) is 1. The van der Waals surface area contributed by atoms with Crippen LogP contribution in [0.2, 0.25) is 0 Å². The molecule has 13 nitrogen and oxygen atoms in total. The number of nitrogens with one attached hydrogen (secondary N) is 2. The van der Waals surface area contributed by atoms with E-state index in [2.05, 4.69) is 16.7 Å². The monoisotopic (exact) mass is 874 g/mol. The van der Waals surface area contributed by atoms with Crippen LogP contribution < -0.4 is 25.8 Å². The number of aromatic hydroxyl groups is 2. The number of phenols is 2. The number of aromatic nitrogens is 1. The minimum Gasteiger partial charge on any atom is -0.504 e. The Kier molecular flexibility index (Phi) is 17.3. The van der Waals surface area contributed by atoms with Gasteiger partial charge in [-0.05, 0) is 124 Å². The Morgan fingerprint density at radius 3 is 1.97 bits per heavy atom. The van der Waals surface area contributed by atoms with Crippen LogP contribution in [0.1, 0.15) is 55.2 Å². The summed E-state index contributed by atoms with van der Waals surface area (Å²) in [6.45, 7) is 5.21. The fourth-order valence-electron chi connectivity index (χ4n) is 7.35. The molecular weight excluding hydrogens is 817 g/mol. The number of amides is 2. The standard InChI is InChI=1S/C49H58N6O7S/c1-61-43-29-35(13-17-41(43)56)27-38-32-55(33-39(48(38)60)28-36-14-18-42(57)44(30-36)62-2)47(59)20-19-46(58)54(26-8-25-52-23-6-5-22-51-24-7-21-50)31-34-11-15-37(16-12-34)49-53-40-9-3-4-10-45(40)63-49/h3-4,9-18,27-30,51-52,56-57H,5-8,19-26,31-33,50H2,1-2H3/b38-27-,39-28-. The number of methoxy groups -OCH3 is 2. The van der Waals surface area contributed by atoms with Crippen molar-refractivity contribution < 1.29 is 34.1 Å². The second kappa shape index (κ2) is 23.4. The highest BCUT2D eigenvalue weighted by Crippen LogP contribution is 2.32. The lowest BCUT2D eigenvalue weighted by Crippen LogP contribution is -2.42. The maximum atomic E-state index is 14.0. The number of rotatable bonds is 22. The summed E-state index contributed by atoms with van der Waals surface area (Å²) >= 11 is 1.64. The molecule has 63 heavy (non-hydrogen) atoms. The van der Waals surface area contributed by atoms with Gasteiger partial charge in [0.05, 0.1) is 24.4 Å². The first-order valence-electron chi connectivity index (χ1n) is 21.5. The average molecular weight is 875 g/mol. The summed E-state index contributed by atoms with van der Waals surface area (Å²) in [5.41, 5.74) is 10.5. The molecule has 1 fully saturated rings. The number of nitrogens with two attached hydrogens (primary N) is 1. The van der Waals surface area contributed by atoms with Crippen LogP contribution in [0.5, 0.6) is 23.0 Å². The average Bonchev–Trinajstić information content (AvgIpc) is 3.74. The van der Waals surface area contributed by atoms with Crippen molar-refractivity contribution in [1.29, 1.82) is 0 Å². The van der Waals surface area contributed by atoms with Gasteiger partial charge in [0.25, 0.3) is 0 Å². The molecule has 332 valence electrons. The first kappa shape index (κ1) is 46.4. The van der Waals surface area contributed by atoms with Gasteiger partial charge in [-0.2, -0.15) is 0 Å². The number of thiazole rings is 1. The van der Waals surface area contributed by atoms with Gasteiger partial charge < -0.3 is 45.9 Å². The predicted molar refractivity (Wildman–Crippen MR) is 250 cm³/mol. The van der Waals surface area contributed by atoms with Crippen LogP contribution in [0.4, 0.5) is 0 Å². The molecule has 0 spiro atoms. The van der Waals surface area contributed by atoms with Gasteiger partial charge in [0.15, 0.2) is 28.8 Å². The topological polar surface area (TPSA) is 180 Å². The van der Waals surface area contributed by atoms with Gasteiger partial charge in [-0.25, -0.2) is 4.98 Å². The molecule has 1 aliphatic heterocycles. The van der Waals surface area contributed by atoms with Crippen molar-refractivity contribution in [1.82, 2.24) is 25.4 Å². The maximum absolute atomic E-state index is 14.0. The van der Waals surface area contributed by atoms with E-state index >= 15 is 0 Å². The molecule has 2 amide bonds. The molecule has 0 atom stereocenters. The van der Waals surface area contributed by atoms with Crippen molar-refractivity contribution in [2.75, 3.05) is 66.6 Å². The van der Waals surface area contributed by atoms with Gasteiger partial charge in [-0.15, -0.1) is 11.3 Å². The molecule has 4 aromatic carbocycles. The summed E-state index contributed by atoms with van der Waals surface area (Å²) in [5.74, 6) is -0.226. The van der Waals surface area contributed by atoms with Crippen LogP contribution >= 0.6 is 11.3 Å². The second-order valence-electron chi connectivity index (χ2n) is 15.5. The van der Waals surface area contributed by atoms with E-state index in [0.29, 0.717) is 41.9 Å². The lowest BCUT2D eigenvalue weighted by molar-refractivity contribution is -0.137. The summed E-state index contributed by atoms with van der Waals surface area (Å²) in [7, 11) is 2.89. The predicted octanol–water partition coefficient (Wildman–Crippen LogP) is 6.78. The van der Waals surface area contributed by atoms with Crippen molar-refractivity contribution in [2.45, 2.75) is 45.1 Å². The number of ether oxygens (including phenoxy) is 2. The smallest absolute Gasteiger partial charge is 0.223 e. The highest BCUT2D eigenvalue weighted by atomic mass is 32.1. The third-order valence-electron chi connectivity index (χ3n) is 10.8. The van der Waals surface area contributed by atoms with E-state index in [9.17, 15) is 24.6 Å². The SMILES string of the molecule is COc1cc(/C=C2/CN(C(=O)CCC(=O)N(CCCNCCCCNCCCN)Cc3ccc(-c4nc5ccccc5s4)cc3)C/C(=C/c3ccc(O)c(OC)c3)C2=O)ccc1O. The molecular formula is C49H58N6O7S. The zero-order chi connectivity index (χ0) is 44.6. The van der Waals surface area contributed by atoms with E-state index in [4.69, 9.17) is 20.2 Å². The third kappa shape index (κ3) is 13.2. The summed E-state index contributed by atoms with van der Waals surface area (Å²) in [5, 5.41) is 28.2. The molecule has 1 saturated heterocycles. The van der Waals surface area contributed by atoms with Crippen LogP contribution in [-0.2, 0) is 20.9 Å². The summed E-state index contributed by atoms with van der Waals surface area (Å²) < 4.78 is 11.7. The molecule has 2 heterocycles. The molecule has 0 saturated carbocycles. The zero-order valence-electron chi connectivity index (χ0n) is 36.1. The minimum absolute atomic E-state index is 0.0000693. The number of carbonyl (C=O) groups is 3. The van der Waals surface area contributed by atoms with Gasteiger partial charge in [-0.3, -0.25) is 14.4 Å². The molecule has 1 aromatic heterocycles. The van der Waals surface area contributed by atoms with Crippen LogP contribution in [-0.4, -0.2) is 109 Å². The lowest BCUT2D eigenvalue weighted by Gasteiger charge is -2.30. The van der Waals surface area contributed by atoms with Crippen molar-refractivity contribution in [3.05, 3.63) is 113 Å². The highest BCUT2D eigenvalue weighted by Gasteiger charge is 2.30. The highest BCUT2D eigenvalue weighted by molar-refractivity contribution is 7.21. The van der Waals surface area contributed by atoms with E-state index in [0.717, 1.165) is 78.2 Å². The number of phenolic OH excluding ortho intramolecular Hbond substituents is 2. The number of nitrogens with zero attached hydrogens (tertiary/aromatic N) is 3. The van der Waals surface area contributed by atoms with Crippen molar-refractivity contribution in [3.8, 4) is 33.6 Å². The van der Waals surface area contributed by atoms with Crippen LogP contribution in [0, 0.1) is 0 Å². The molecule has 5 aromatic rings. The van der Waals surface area contributed by atoms with E-state index in [1.807, 2.05) is 47.4 Å². The number of likely N-dealkylation sites (tertiary alicyclic amines) is 1. The molecule has 0 bridgehead atoms. The van der Waals surface area contributed by atoms with Gasteiger partial charge >= 0.3 is 0 Å². The largest absolute Gasteiger partial charge is 0.504 e. The van der Waals surface area contributed by atoms with Crippen molar-refractivity contribution >= 4 is 51.3 Å². The van der Waals surface area contributed by atoms with E-state index < -0.39 is 0 Å².